The Hall–Kier alpha value is -1.09. The van der Waals surface area contributed by atoms with Crippen LogP contribution in [0.2, 0.25) is 0 Å². The van der Waals surface area contributed by atoms with Crippen LogP contribution in [0.15, 0.2) is 18.2 Å². The molecule has 1 aliphatic carbocycles. The maximum absolute atomic E-state index is 14.3. The number of nitrogens with zero attached hydrogens (tertiary/aromatic N) is 1. The number of hydrogen-bond acceptors (Lipinski definition) is 2. The van der Waals surface area contributed by atoms with Crippen molar-refractivity contribution in [2.75, 3.05) is 11.9 Å². The van der Waals surface area contributed by atoms with E-state index in [4.69, 9.17) is 5.73 Å². The van der Waals surface area contributed by atoms with Crippen molar-refractivity contribution in [3.8, 4) is 0 Å². The Kier molecular flexibility index (Phi) is 5.41. The summed E-state index contributed by atoms with van der Waals surface area (Å²) in [5.41, 5.74) is 7.48. The average Bonchev–Trinajstić information content (AvgIpc) is 2.66. The van der Waals surface area contributed by atoms with Gasteiger partial charge in [-0.15, -0.1) is 0 Å². The lowest BCUT2D eigenvalue weighted by Crippen LogP contribution is -2.31. The van der Waals surface area contributed by atoms with Crippen LogP contribution in [-0.2, 0) is 6.42 Å². The molecular formula is C17H27FN2. The molecule has 0 bridgehead atoms. The van der Waals surface area contributed by atoms with Crippen molar-refractivity contribution < 1.29 is 4.39 Å². The summed E-state index contributed by atoms with van der Waals surface area (Å²) in [6.07, 6.45) is 8.25. The number of rotatable bonds is 4. The molecule has 1 aliphatic rings. The van der Waals surface area contributed by atoms with Gasteiger partial charge in [-0.1, -0.05) is 31.7 Å². The van der Waals surface area contributed by atoms with Crippen molar-refractivity contribution in [3.63, 3.8) is 0 Å². The summed E-state index contributed by atoms with van der Waals surface area (Å²) in [6, 6.07) is 6.12. The summed E-state index contributed by atoms with van der Waals surface area (Å²) in [5.74, 6) is -0.116. The zero-order chi connectivity index (χ0) is 14.5. The van der Waals surface area contributed by atoms with Crippen LogP contribution in [-0.4, -0.2) is 19.1 Å². The highest BCUT2D eigenvalue weighted by Crippen LogP contribution is 2.28. The third kappa shape index (κ3) is 3.95. The number of nitrogens with two attached hydrogens (primary N) is 1. The molecule has 0 radical (unpaired) electrons. The fourth-order valence-corrected chi connectivity index (χ4v) is 3.18. The molecule has 1 atom stereocenters. The summed E-state index contributed by atoms with van der Waals surface area (Å²) < 4.78 is 14.3. The third-order valence-electron chi connectivity index (χ3n) is 4.32. The number of anilines is 1. The molecule has 0 heterocycles. The van der Waals surface area contributed by atoms with Crippen molar-refractivity contribution in [1.29, 1.82) is 0 Å². The summed E-state index contributed by atoms with van der Waals surface area (Å²) in [7, 11) is 2.03. The second-order valence-electron chi connectivity index (χ2n) is 6.22. The lowest BCUT2D eigenvalue weighted by Gasteiger charge is -2.29. The maximum atomic E-state index is 14.3. The minimum atomic E-state index is -0.116. The van der Waals surface area contributed by atoms with Crippen molar-refractivity contribution in [2.45, 2.75) is 64.0 Å². The van der Waals surface area contributed by atoms with Crippen molar-refractivity contribution in [3.05, 3.63) is 29.6 Å². The van der Waals surface area contributed by atoms with Crippen LogP contribution >= 0.6 is 0 Å². The van der Waals surface area contributed by atoms with Crippen LogP contribution in [0.1, 0.15) is 51.0 Å². The van der Waals surface area contributed by atoms with Gasteiger partial charge in [-0.05, 0) is 43.9 Å². The Balaban J connectivity index is 2.10. The van der Waals surface area contributed by atoms with Crippen molar-refractivity contribution in [2.24, 2.45) is 5.73 Å². The van der Waals surface area contributed by atoms with Crippen molar-refractivity contribution >= 4 is 5.69 Å². The van der Waals surface area contributed by atoms with Crippen LogP contribution in [0, 0.1) is 5.82 Å². The number of hydrogen-bond donors (Lipinski definition) is 1. The highest BCUT2D eigenvalue weighted by atomic mass is 19.1. The van der Waals surface area contributed by atoms with E-state index in [0.717, 1.165) is 17.7 Å². The van der Waals surface area contributed by atoms with E-state index in [0.29, 0.717) is 6.04 Å². The molecule has 0 aliphatic heterocycles. The first kappa shape index (κ1) is 15.3. The summed E-state index contributed by atoms with van der Waals surface area (Å²) in [4.78, 5) is 2.14. The Morgan fingerprint density at radius 1 is 1.25 bits per heavy atom. The van der Waals surface area contributed by atoms with Gasteiger partial charge >= 0.3 is 0 Å². The van der Waals surface area contributed by atoms with Crippen LogP contribution in [0.4, 0.5) is 10.1 Å². The predicted molar refractivity (Wildman–Crippen MR) is 83.6 cm³/mol. The smallest absolute Gasteiger partial charge is 0.146 e. The van der Waals surface area contributed by atoms with Gasteiger partial charge in [0.1, 0.15) is 5.82 Å². The molecular weight excluding hydrogens is 251 g/mol. The molecule has 2 nitrogen and oxygen atoms in total. The summed E-state index contributed by atoms with van der Waals surface area (Å²) in [5, 5.41) is 0. The Morgan fingerprint density at radius 2 is 1.90 bits per heavy atom. The highest BCUT2D eigenvalue weighted by Gasteiger charge is 2.19. The molecule has 0 spiro atoms. The zero-order valence-electron chi connectivity index (χ0n) is 12.7. The van der Waals surface area contributed by atoms with Crippen LogP contribution in [0.5, 0.6) is 0 Å². The second kappa shape index (κ2) is 7.07. The average molecular weight is 278 g/mol. The SMILES string of the molecule is CC(N)Cc1ccc(N(C)C2CCCCCC2)c(F)c1. The van der Waals surface area contributed by atoms with E-state index in [-0.39, 0.29) is 11.9 Å². The minimum absolute atomic E-state index is 0.0693. The minimum Gasteiger partial charge on any atom is -0.369 e. The maximum Gasteiger partial charge on any atom is 0.146 e. The first-order valence-corrected chi connectivity index (χ1v) is 7.85. The van der Waals surface area contributed by atoms with Gasteiger partial charge in [-0.2, -0.15) is 0 Å². The van der Waals surface area contributed by atoms with E-state index in [2.05, 4.69) is 4.90 Å². The van der Waals surface area contributed by atoms with E-state index in [1.54, 1.807) is 6.07 Å². The van der Waals surface area contributed by atoms with Gasteiger partial charge in [0.2, 0.25) is 0 Å². The van der Waals surface area contributed by atoms with Gasteiger partial charge in [0, 0.05) is 19.1 Å². The predicted octanol–water partition coefficient (Wildman–Crippen LogP) is 3.87. The van der Waals surface area contributed by atoms with Gasteiger partial charge in [0.25, 0.3) is 0 Å². The van der Waals surface area contributed by atoms with E-state index in [9.17, 15) is 4.39 Å². The quantitative estimate of drug-likeness (QED) is 0.847. The molecule has 1 unspecified atom stereocenters. The van der Waals surface area contributed by atoms with Crippen LogP contribution < -0.4 is 10.6 Å². The molecule has 20 heavy (non-hydrogen) atoms. The summed E-state index contributed by atoms with van der Waals surface area (Å²) >= 11 is 0. The monoisotopic (exact) mass is 278 g/mol. The van der Waals surface area contributed by atoms with Gasteiger partial charge in [-0.25, -0.2) is 4.39 Å². The summed E-state index contributed by atoms with van der Waals surface area (Å²) in [6.45, 7) is 1.95. The van der Waals surface area contributed by atoms with Crippen LogP contribution in [0.3, 0.4) is 0 Å². The van der Waals surface area contributed by atoms with Gasteiger partial charge in [0.05, 0.1) is 5.69 Å². The van der Waals surface area contributed by atoms with E-state index in [1.807, 2.05) is 26.1 Å². The van der Waals surface area contributed by atoms with Gasteiger partial charge in [0.15, 0.2) is 0 Å². The van der Waals surface area contributed by atoms with E-state index >= 15 is 0 Å². The third-order valence-corrected chi connectivity index (χ3v) is 4.32. The largest absolute Gasteiger partial charge is 0.369 e. The molecule has 1 aromatic rings. The molecule has 1 saturated carbocycles. The lowest BCUT2D eigenvalue weighted by molar-refractivity contribution is 0.537. The highest BCUT2D eigenvalue weighted by molar-refractivity contribution is 5.49. The molecule has 3 heteroatoms. The molecule has 2 N–H and O–H groups in total. The Bertz CT molecular complexity index is 423. The van der Waals surface area contributed by atoms with Crippen LogP contribution in [0.25, 0.3) is 0 Å². The van der Waals surface area contributed by atoms with Crippen molar-refractivity contribution in [1.82, 2.24) is 0 Å². The first-order chi connectivity index (χ1) is 9.58. The second-order valence-corrected chi connectivity index (χ2v) is 6.22. The number of benzene rings is 1. The normalized spacial score (nSPS) is 18.6. The molecule has 1 fully saturated rings. The van der Waals surface area contributed by atoms with Gasteiger partial charge < -0.3 is 10.6 Å². The van der Waals surface area contributed by atoms with Gasteiger partial charge in [-0.3, -0.25) is 0 Å². The van der Waals surface area contributed by atoms with E-state index < -0.39 is 0 Å². The first-order valence-electron chi connectivity index (χ1n) is 7.85. The zero-order valence-corrected chi connectivity index (χ0v) is 12.7. The standard InChI is InChI=1S/C17H27FN2/c1-13(19)11-14-9-10-17(16(18)12-14)20(2)15-7-5-3-4-6-8-15/h9-10,12-13,15H,3-8,11,19H2,1-2H3. The Labute approximate surface area is 122 Å². The topological polar surface area (TPSA) is 29.3 Å². The molecule has 0 amide bonds. The fourth-order valence-electron chi connectivity index (χ4n) is 3.18. The number of halogens is 1. The molecule has 112 valence electrons. The molecule has 1 aromatic carbocycles. The Morgan fingerprint density at radius 3 is 2.45 bits per heavy atom. The molecule has 2 rings (SSSR count). The van der Waals surface area contributed by atoms with E-state index in [1.165, 1.54) is 38.5 Å². The fraction of sp³-hybridized carbons (Fsp3) is 0.647. The molecule has 0 saturated heterocycles. The molecule has 0 aromatic heterocycles. The lowest BCUT2D eigenvalue weighted by atomic mass is 10.0.